The van der Waals surface area contributed by atoms with Gasteiger partial charge in [-0.05, 0) is 89.9 Å². The van der Waals surface area contributed by atoms with Crippen LogP contribution in [0.5, 0.6) is 0 Å². The highest BCUT2D eigenvalue weighted by Gasteiger charge is 2.19. The number of carbonyl (C=O) groups excluding carboxylic acids is 3. The molecule has 0 aromatic rings. The van der Waals surface area contributed by atoms with Gasteiger partial charge in [-0.15, -0.1) is 0 Å². The number of allylic oxidation sites excluding steroid dienone is 16. The minimum Gasteiger partial charge on any atom is -0.462 e. The van der Waals surface area contributed by atoms with Gasteiger partial charge in [-0.1, -0.05) is 246 Å². The highest BCUT2D eigenvalue weighted by molar-refractivity contribution is 5.71. The van der Waals surface area contributed by atoms with Crippen LogP contribution in [-0.4, -0.2) is 37.2 Å². The van der Waals surface area contributed by atoms with Crippen molar-refractivity contribution in [3.8, 4) is 0 Å². The first-order chi connectivity index (χ1) is 33.5. The Bertz CT molecular complexity index is 1360. The van der Waals surface area contributed by atoms with Gasteiger partial charge in [0.05, 0.1) is 0 Å². The van der Waals surface area contributed by atoms with E-state index in [1.165, 1.54) is 128 Å². The predicted molar refractivity (Wildman–Crippen MR) is 293 cm³/mol. The quantitative estimate of drug-likeness (QED) is 0.0262. The Morgan fingerprint density at radius 3 is 1.01 bits per heavy atom. The molecular formula is C62H104O6. The molecule has 0 aromatic heterocycles. The van der Waals surface area contributed by atoms with Crippen LogP contribution in [0.1, 0.15) is 258 Å². The molecule has 388 valence electrons. The minimum atomic E-state index is -0.809. The molecule has 0 N–H and O–H groups in total. The zero-order valence-electron chi connectivity index (χ0n) is 44.3. The second kappa shape index (κ2) is 55.9. The second-order valence-electron chi connectivity index (χ2n) is 18.5. The topological polar surface area (TPSA) is 78.9 Å². The minimum absolute atomic E-state index is 0.101. The zero-order valence-corrected chi connectivity index (χ0v) is 44.3. The Morgan fingerprint density at radius 1 is 0.309 bits per heavy atom. The van der Waals surface area contributed by atoms with Crippen molar-refractivity contribution >= 4 is 17.9 Å². The molecule has 68 heavy (non-hydrogen) atoms. The van der Waals surface area contributed by atoms with Crippen LogP contribution in [0.4, 0.5) is 0 Å². The summed E-state index contributed by atoms with van der Waals surface area (Å²) < 4.78 is 16.8. The fourth-order valence-electron chi connectivity index (χ4n) is 7.62. The lowest BCUT2D eigenvalue weighted by Crippen LogP contribution is -2.30. The van der Waals surface area contributed by atoms with Crippen molar-refractivity contribution in [1.82, 2.24) is 0 Å². The summed E-state index contributed by atoms with van der Waals surface area (Å²) in [4.78, 5) is 38.1. The molecule has 0 spiro atoms. The molecule has 0 amide bonds. The Morgan fingerprint density at radius 2 is 0.603 bits per heavy atom. The summed E-state index contributed by atoms with van der Waals surface area (Å²) in [6.07, 6.45) is 74.0. The van der Waals surface area contributed by atoms with Gasteiger partial charge in [-0.2, -0.15) is 0 Å². The van der Waals surface area contributed by atoms with Gasteiger partial charge in [0.15, 0.2) is 6.10 Å². The Kier molecular flexibility index (Phi) is 52.9. The molecular weight excluding hydrogens is 841 g/mol. The molecule has 0 saturated heterocycles. The maximum atomic E-state index is 12.8. The molecule has 0 aliphatic carbocycles. The number of hydrogen-bond acceptors (Lipinski definition) is 6. The molecule has 0 aliphatic rings. The first kappa shape index (κ1) is 64.3. The number of carbonyl (C=O) groups is 3. The lowest BCUT2D eigenvalue weighted by molar-refractivity contribution is -0.166. The summed E-state index contributed by atoms with van der Waals surface area (Å²) in [7, 11) is 0. The summed E-state index contributed by atoms with van der Waals surface area (Å²) in [5.41, 5.74) is 0. The van der Waals surface area contributed by atoms with Crippen LogP contribution < -0.4 is 0 Å². The fraction of sp³-hybridized carbons (Fsp3) is 0.694. The van der Waals surface area contributed by atoms with Gasteiger partial charge in [-0.3, -0.25) is 14.4 Å². The highest BCUT2D eigenvalue weighted by Crippen LogP contribution is 2.15. The smallest absolute Gasteiger partial charge is 0.306 e. The summed E-state index contributed by atoms with van der Waals surface area (Å²) >= 11 is 0. The molecule has 0 radical (unpaired) electrons. The van der Waals surface area contributed by atoms with E-state index in [2.05, 4.69) is 112 Å². The summed E-state index contributed by atoms with van der Waals surface area (Å²) in [5.74, 6) is -0.991. The van der Waals surface area contributed by atoms with Crippen LogP contribution in [0.2, 0.25) is 0 Å². The second-order valence-corrected chi connectivity index (χ2v) is 18.5. The maximum Gasteiger partial charge on any atom is 0.306 e. The third-order valence-corrected chi connectivity index (χ3v) is 11.8. The van der Waals surface area contributed by atoms with Gasteiger partial charge >= 0.3 is 17.9 Å². The summed E-state index contributed by atoms with van der Waals surface area (Å²) in [5, 5.41) is 0. The van der Waals surface area contributed by atoms with Crippen molar-refractivity contribution in [2.24, 2.45) is 0 Å². The van der Waals surface area contributed by atoms with Gasteiger partial charge in [0.2, 0.25) is 0 Å². The highest BCUT2D eigenvalue weighted by atomic mass is 16.6. The Balaban J connectivity index is 4.48. The Labute approximate surface area is 419 Å². The maximum absolute atomic E-state index is 12.8. The van der Waals surface area contributed by atoms with Gasteiger partial charge in [0.25, 0.3) is 0 Å². The number of ether oxygens (including phenoxy) is 3. The van der Waals surface area contributed by atoms with Crippen LogP contribution in [0, 0.1) is 0 Å². The van der Waals surface area contributed by atoms with Gasteiger partial charge in [0, 0.05) is 19.3 Å². The standard InChI is InChI=1S/C62H104O6/c1-4-7-10-13-16-19-22-25-27-29-31-33-35-37-40-43-46-49-52-55-61(64)67-58-59(57-66-60(63)54-51-48-45-42-39-24-21-18-15-12-9-6-3)68-62(65)56-53-50-47-44-41-38-36-34-32-30-28-26-23-20-17-14-11-8-5-2/h7,10,16-17,19-20,25-28,31,33,37,40,46,49,59H,4-6,8-9,11-15,18,21-24,29-30,32,34-36,38-39,41-45,47-48,50-58H2,1-3H3/b10-7-,19-16-,20-17-,27-25-,28-26-,33-31-,40-37-,49-46-. The number of esters is 3. The summed E-state index contributed by atoms with van der Waals surface area (Å²) in [6, 6.07) is 0. The van der Waals surface area contributed by atoms with Crippen molar-refractivity contribution < 1.29 is 28.6 Å². The molecule has 6 heteroatoms. The van der Waals surface area contributed by atoms with Crippen LogP contribution in [-0.2, 0) is 28.6 Å². The van der Waals surface area contributed by atoms with Crippen molar-refractivity contribution in [2.75, 3.05) is 13.2 Å². The molecule has 0 aliphatic heterocycles. The van der Waals surface area contributed by atoms with Crippen molar-refractivity contribution in [3.63, 3.8) is 0 Å². The largest absolute Gasteiger partial charge is 0.462 e. The molecule has 0 rings (SSSR count). The lowest BCUT2D eigenvalue weighted by atomic mass is 10.0. The van der Waals surface area contributed by atoms with Crippen LogP contribution in [0.15, 0.2) is 97.2 Å². The zero-order chi connectivity index (χ0) is 49.3. The van der Waals surface area contributed by atoms with Gasteiger partial charge in [0.1, 0.15) is 13.2 Å². The third kappa shape index (κ3) is 53.3. The van der Waals surface area contributed by atoms with E-state index in [9.17, 15) is 14.4 Å². The van der Waals surface area contributed by atoms with Gasteiger partial charge in [-0.25, -0.2) is 0 Å². The first-order valence-electron chi connectivity index (χ1n) is 28.2. The van der Waals surface area contributed by atoms with E-state index in [0.29, 0.717) is 19.3 Å². The van der Waals surface area contributed by atoms with E-state index < -0.39 is 6.10 Å². The first-order valence-corrected chi connectivity index (χ1v) is 28.2. The molecule has 0 heterocycles. The monoisotopic (exact) mass is 945 g/mol. The van der Waals surface area contributed by atoms with Crippen molar-refractivity contribution in [2.45, 2.75) is 264 Å². The molecule has 0 fully saturated rings. The molecule has 6 nitrogen and oxygen atoms in total. The van der Waals surface area contributed by atoms with Crippen molar-refractivity contribution in [3.05, 3.63) is 97.2 Å². The Hall–Kier alpha value is -3.67. The molecule has 0 bridgehead atoms. The van der Waals surface area contributed by atoms with E-state index in [0.717, 1.165) is 83.5 Å². The lowest BCUT2D eigenvalue weighted by Gasteiger charge is -2.18. The van der Waals surface area contributed by atoms with Crippen LogP contribution in [0.25, 0.3) is 0 Å². The van der Waals surface area contributed by atoms with Crippen LogP contribution in [0.3, 0.4) is 0 Å². The van der Waals surface area contributed by atoms with Gasteiger partial charge < -0.3 is 14.2 Å². The van der Waals surface area contributed by atoms with E-state index in [4.69, 9.17) is 14.2 Å². The third-order valence-electron chi connectivity index (χ3n) is 11.8. The van der Waals surface area contributed by atoms with Crippen molar-refractivity contribution in [1.29, 1.82) is 0 Å². The number of hydrogen-bond donors (Lipinski definition) is 0. The summed E-state index contributed by atoms with van der Waals surface area (Å²) in [6.45, 7) is 6.44. The van der Waals surface area contributed by atoms with E-state index in [-0.39, 0.29) is 37.5 Å². The molecule has 0 aromatic carbocycles. The SMILES string of the molecule is CC/C=C\C/C=C\C/C=C\C/C=C\C/C=C\C/C=C\CCC(=O)OCC(COC(=O)CCCCCCCCCCCCCC)OC(=O)CCCCCCCCCCC/C=C\C/C=C\CCCCC. The van der Waals surface area contributed by atoms with Crippen LogP contribution >= 0.6 is 0 Å². The predicted octanol–water partition coefficient (Wildman–Crippen LogP) is 18.9. The molecule has 1 atom stereocenters. The fourth-order valence-corrected chi connectivity index (χ4v) is 7.62. The molecule has 1 unspecified atom stereocenters. The van der Waals surface area contributed by atoms with E-state index >= 15 is 0 Å². The average molecular weight is 946 g/mol. The van der Waals surface area contributed by atoms with E-state index in [1.54, 1.807) is 0 Å². The number of rotatable bonds is 50. The number of unbranched alkanes of at least 4 members (excludes halogenated alkanes) is 23. The normalized spacial score (nSPS) is 12.8. The van der Waals surface area contributed by atoms with E-state index in [1.807, 2.05) is 6.08 Å². The average Bonchev–Trinajstić information content (AvgIpc) is 3.34. The molecule has 0 saturated carbocycles.